The normalized spacial score (nSPS) is 29.3. The third-order valence-electron chi connectivity index (χ3n) is 18.3. The summed E-state index contributed by atoms with van der Waals surface area (Å²) in [5.41, 5.74) is 0.540. The standard InChI is InChI=1S/C68H107N6O35P/c1-8-35(25-37(78)9-2)26-46(83)73-54-61(106-50(87)12-5)58(91)42(32-100-66-55(74-48(85)28-38(10-3)102-49(86)11-4)63(107-51(88)13-6)60(41(31-76)103-66)109-110(95,96)97)104-65(54)99-24-22-70-45(82)20-19-44(81)69-21-23-98-64-53(71-34(7)77)59(92)57(90)43(105-64)33-101-68(67(93)94)29-39(79)52(62(108-68)56(89)40(80)30-75)72-47(84)27-36-17-15-14-16-18-36/h14-18,35,38-43,52-66,75-76,79-80,89-92H,8-13,19-33H2,1-7H3,(H,69,81)(H,70,82)(H,71,77)(H,72,84)(H,73,83)(H,74,85)(H,93,94)(H2,95,96,97)/t35-,38+,39?,40+,41?,42?,43?,52+,53?,54?,55?,56+,57-,58+,59+,60+,61+,62?,63+,64+,65+,66+,68+/m0/s1. The first-order chi connectivity index (χ1) is 52.1. The molecule has 1 aromatic carbocycles. The van der Waals surface area contributed by atoms with E-state index >= 15 is 0 Å². The van der Waals surface area contributed by atoms with Gasteiger partial charge < -0.3 is 140 Å². The number of esters is 3. The molecule has 42 heteroatoms. The molecule has 4 aliphatic heterocycles. The van der Waals surface area contributed by atoms with Crippen LogP contribution in [0.2, 0.25) is 0 Å². The van der Waals surface area contributed by atoms with Crippen molar-refractivity contribution >= 4 is 72.9 Å². The first-order valence-electron chi connectivity index (χ1n) is 36.3. The fourth-order valence-corrected chi connectivity index (χ4v) is 12.8. The predicted molar refractivity (Wildman–Crippen MR) is 369 cm³/mol. The lowest BCUT2D eigenvalue weighted by molar-refractivity contribution is -0.330. The van der Waals surface area contributed by atoms with Crippen LogP contribution in [0, 0.1) is 5.92 Å². The molecule has 8 unspecified atom stereocenters. The highest BCUT2D eigenvalue weighted by molar-refractivity contribution is 7.46. The number of phosphoric ester groups is 1. The number of aliphatic carboxylic acids is 1. The van der Waals surface area contributed by atoms with Gasteiger partial charge in [-0.25, -0.2) is 9.36 Å². The number of Topliss-reactive ketones (excluding diaryl/α,β-unsaturated/α-hetero) is 1. The van der Waals surface area contributed by atoms with Crippen LogP contribution in [-0.4, -0.2) is 308 Å². The molecule has 624 valence electrons. The number of amides is 6. The van der Waals surface area contributed by atoms with Crippen LogP contribution >= 0.6 is 7.82 Å². The largest absolute Gasteiger partial charge is 0.477 e. The summed E-state index contributed by atoms with van der Waals surface area (Å²) in [7, 11) is -5.52. The van der Waals surface area contributed by atoms with Crippen LogP contribution < -0.4 is 31.9 Å². The van der Waals surface area contributed by atoms with Crippen LogP contribution in [0.4, 0.5) is 0 Å². The van der Waals surface area contributed by atoms with Gasteiger partial charge in [0.1, 0.15) is 91.1 Å². The molecule has 23 atom stereocenters. The minimum absolute atomic E-state index is 0.0357. The van der Waals surface area contributed by atoms with Crippen LogP contribution in [-0.2, 0) is 120 Å². The lowest BCUT2D eigenvalue weighted by atomic mass is 9.88. The van der Waals surface area contributed by atoms with Gasteiger partial charge in [-0.3, -0.25) is 52.5 Å². The Hall–Kier alpha value is -6.94. The SMILES string of the molecule is CCC(=O)C[C@H](CC)CC(=O)NC1[C@H](OCCNC(=O)CCC(=O)NCCO[C@@H]2OC(CO[C@]3(C(=O)O)CC(O)[C@@H](NC(=O)Cc4ccccc4)C([C@H](O)[C@H](O)CO)O3)[C@H](O)[C@H](O)C2NC(C)=O)OC(CO[C@@H]2OC(CO)[C@@H](OP(=O)(O)O)[C@H](OC(=O)CC)C2NC(=O)C[C@@H](CC)OC(=O)CC)[C@@H](O)[C@@H]1OC(=O)CC. The van der Waals surface area contributed by atoms with Crippen LogP contribution in [0.3, 0.4) is 0 Å². The number of carboxylic acid groups (broad SMARTS) is 1. The summed E-state index contributed by atoms with van der Waals surface area (Å²) in [5.74, 6) is -12.4. The minimum Gasteiger partial charge on any atom is -0.477 e. The van der Waals surface area contributed by atoms with Gasteiger partial charge in [0.25, 0.3) is 5.79 Å². The Kier molecular flexibility index (Phi) is 38.9. The summed E-state index contributed by atoms with van der Waals surface area (Å²) in [6, 6.07) is 1.83. The lowest BCUT2D eigenvalue weighted by Crippen LogP contribution is -2.69. The number of ether oxygens (including phenoxy) is 11. The summed E-state index contributed by atoms with van der Waals surface area (Å²) >= 11 is 0. The Labute approximate surface area is 633 Å². The number of carboxylic acids is 1. The Morgan fingerprint density at radius 2 is 1.13 bits per heavy atom. The van der Waals surface area contributed by atoms with Crippen molar-refractivity contribution in [1.82, 2.24) is 31.9 Å². The molecule has 0 saturated carbocycles. The van der Waals surface area contributed by atoms with Gasteiger partial charge in [0.05, 0.1) is 64.6 Å². The second-order valence-corrected chi connectivity index (χ2v) is 27.7. The van der Waals surface area contributed by atoms with E-state index in [2.05, 4.69) is 31.9 Å². The van der Waals surface area contributed by atoms with Crippen molar-refractivity contribution < 1.29 is 170 Å². The van der Waals surface area contributed by atoms with E-state index in [1.165, 1.54) is 20.8 Å². The first-order valence-corrected chi connectivity index (χ1v) is 37.8. The van der Waals surface area contributed by atoms with Gasteiger partial charge in [-0.1, -0.05) is 78.3 Å². The van der Waals surface area contributed by atoms with E-state index in [0.717, 1.165) is 6.92 Å². The topological polar surface area (TPSA) is 610 Å². The molecule has 0 aromatic heterocycles. The molecule has 5 rings (SSSR count). The van der Waals surface area contributed by atoms with Crippen molar-refractivity contribution in [1.29, 1.82) is 0 Å². The van der Waals surface area contributed by atoms with Gasteiger partial charge in [0.15, 0.2) is 31.1 Å². The smallest absolute Gasteiger partial charge is 0.470 e. The van der Waals surface area contributed by atoms with Gasteiger partial charge in [-0.05, 0) is 17.9 Å². The zero-order valence-corrected chi connectivity index (χ0v) is 63.0. The maximum atomic E-state index is 13.9. The Morgan fingerprint density at radius 1 is 0.591 bits per heavy atom. The maximum Gasteiger partial charge on any atom is 0.470 e. The number of aliphatic hydroxyl groups is 8. The number of nitrogens with one attached hydrogen (secondary N) is 6. The second kappa shape index (κ2) is 45.7. The third kappa shape index (κ3) is 28.6. The van der Waals surface area contributed by atoms with E-state index in [4.69, 9.17) is 56.6 Å². The number of carbonyl (C=O) groups is 11. The average molecular weight is 1600 g/mol. The molecule has 41 nitrogen and oxygen atoms in total. The third-order valence-corrected chi connectivity index (χ3v) is 18.8. The molecule has 1 aromatic rings. The zero-order chi connectivity index (χ0) is 81.7. The molecular weight excluding hydrogens is 1490 g/mol. The van der Waals surface area contributed by atoms with E-state index in [-0.39, 0.29) is 70.2 Å². The van der Waals surface area contributed by atoms with Crippen molar-refractivity contribution in [3.05, 3.63) is 35.9 Å². The molecule has 0 radical (unpaired) electrons. The summed E-state index contributed by atoms with van der Waals surface area (Å²) in [6.07, 6.45) is -33.7. The van der Waals surface area contributed by atoms with Gasteiger partial charge >= 0.3 is 31.7 Å². The van der Waals surface area contributed by atoms with Crippen molar-refractivity contribution in [2.45, 2.75) is 266 Å². The lowest BCUT2D eigenvalue weighted by Gasteiger charge is -2.47. The Balaban J connectivity index is 1.27. The van der Waals surface area contributed by atoms with Crippen LogP contribution in [0.1, 0.15) is 131 Å². The van der Waals surface area contributed by atoms with E-state index in [1.807, 2.05) is 0 Å². The Bertz CT molecular complexity index is 3210. The van der Waals surface area contributed by atoms with Crippen LogP contribution in [0.15, 0.2) is 30.3 Å². The monoisotopic (exact) mass is 1600 g/mol. The van der Waals surface area contributed by atoms with Crippen molar-refractivity contribution in [2.24, 2.45) is 5.92 Å². The number of carbonyl (C=O) groups excluding carboxylic acids is 10. The molecule has 4 fully saturated rings. The highest BCUT2D eigenvalue weighted by Gasteiger charge is 2.58. The summed E-state index contributed by atoms with van der Waals surface area (Å²) < 4.78 is 81.6. The number of ketones is 1. The number of hydrogen-bond donors (Lipinski definition) is 17. The van der Waals surface area contributed by atoms with Gasteiger partial charge in [0, 0.05) is 77.8 Å². The molecule has 110 heavy (non-hydrogen) atoms. The fourth-order valence-electron chi connectivity index (χ4n) is 12.3. The summed E-state index contributed by atoms with van der Waals surface area (Å²) in [5, 5.41) is 113. The summed E-state index contributed by atoms with van der Waals surface area (Å²) in [4.78, 5) is 163. The summed E-state index contributed by atoms with van der Waals surface area (Å²) in [6.45, 7) is 4.86. The Morgan fingerprint density at radius 3 is 1.65 bits per heavy atom. The number of hydrogen-bond acceptors (Lipinski definition) is 32. The van der Waals surface area contributed by atoms with Crippen molar-refractivity contribution in [3.8, 4) is 0 Å². The number of benzene rings is 1. The first kappa shape index (κ1) is 93.7. The average Bonchev–Trinajstić information content (AvgIpc) is 0.778. The molecule has 0 aliphatic carbocycles. The van der Waals surface area contributed by atoms with Crippen molar-refractivity contribution in [3.63, 3.8) is 0 Å². The zero-order valence-electron chi connectivity index (χ0n) is 62.1. The van der Waals surface area contributed by atoms with Gasteiger partial charge in [0.2, 0.25) is 35.4 Å². The number of phosphoric acid groups is 1. The minimum atomic E-state index is -5.52. The molecular formula is C68H107N6O35P. The van der Waals surface area contributed by atoms with Gasteiger partial charge in [-0.2, -0.15) is 0 Å². The molecule has 4 aliphatic rings. The quantitative estimate of drug-likeness (QED) is 0.0126. The van der Waals surface area contributed by atoms with Crippen LogP contribution in [0.25, 0.3) is 0 Å². The molecule has 4 saturated heterocycles. The highest BCUT2D eigenvalue weighted by Crippen LogP contribution is 2.43. The van der Waals surface area contributed by atoms with E-state index in [1.54, 1.807) is 51.1 Å². The van der Waals surface area contributed by atoms with E-state index < -0.39 is 273 Å². The van der Waals surface area contributed by atoms with Crippen molar-refractivity contribution in [2.75, 3.05) is 52.7 Å². The van der Waals surface area contributed by atoms with E-state index in [0.29, 0.717) is 12.0 Å². The number of rotatable bonds is 45. The molecule has 6 amide bonds. The number of aliphatic hydroxyl groups excluding tert-OH is 8. The molecule has 17 N–H and O–H groups in total. The second-order valence-electron chi connectivity index (χ2n) is 26.5. The van der Waals surface area contributed by atoms with E-state index in [9.17, 15) is 113 Å². The predicted octanol–water partition coefficient (Wildman–Crippen LogP) is -4.81. The maximum absolute atomic E-state index is 13.9. The molecule has 4 heterocycles. The highest BCUT2D eigenvalue weighted by atomic mass is 31.2. The van der Waals surface area contributed by atoms with Gasteiger partial charge in [-0.15, -0.1) is 0 Å². The fraction of sp³-hybridized carbons (Fsp3) is 0.750. The van der Waals surface area contributed by atoms with Crippen LogP contribution in [0.5, 0.6) is 0 Å². The molecule has 0 spiro atoms. The molecule has 0 bridgehead atoms.